The van der Waals surface area contributed by atoms with Gasteiger partial charge < -0.3 is 9.84 Å². The highest BCUT2D eigenvalue weighted by Crippen LogP contribution is 2.31. The summed E-state index contributed by atoms with van der Waals surface area (Å²) >= 11 is 6.33. The molecule has 3 rings (SSSR count). The highest BCUT2D eigenvalue weighted by Gasteiger charge is 2.12. The van der Waals surface area contributed by atoms with E-state index >= 15 is 0 Å². The Labute approximate surface area is 131 Å². The summed E-state index contributed by atoms with van der Waals surface area (Å²) < 4.78 is 6.99. The molecular formula is C16H13ClN2O3. The summed E-state index contributed by atoms with van der Waals surface area (Å²) in [5.41, 5.74) is 2.85. The van der Waals surface area contributed by atoms with Crippen LogP contribution in [0.2, 0.25) is 5.02 Å². The molecule has 0 aliphatic carbocycles. The summed E-state index contributed by atoms with van der Waals surface area (Å²) in [5.74, 6) is -0.231. The van der Waals surface area contributed by atoms with Crippen molar-refractivity contribution in [2.75, 3.05) is 7.11 Å². The molecule has 6 heteroatoms. The minimum Gasteiger partial charge on any atom is -0.497 e. The lowest BCUT2D eigenvalue weighted by Crippen LogP contribution is -1.99. The average Bonchev–Trinajstić information content (AvgIpc) is 2.88. The first-order chi connectivity index (χ1) is 10.6. The van der Waals surface area contributed by atoms with Crippen LogP contribution in [0.4, 0.5) is 0 Å². The highest BCUT2D eigenvalue weighted by molar-refractivity contribution is 6.33. The SMILES string of the molecule is COc1ccc(-c2cccc3nc(CC(=O)O)cn23)c(Cl)c1. The lowest BCUT2D eigenvalue weighted by atomic mass is 10.1. The standard InChI is InChI=1S/C16H13ClN2O3/c1-22-11-5-6-12(13(17)8-11)14-3-2-4-15-18-10(7-16(20)21)9-19(14)15/h2-6,8-9H,7H2,1H3,(H,20,21). The third-order valence-corrected chi connectivity index (χ3v) is 3.64. The van der Waals surface area contributed by atoms with E-state index in [1.165, 1.54) is 0 Å². The van der Waals surface area contributed by atoms with Gasteiger partial charge in [-0.1, -0.05) is 17.7 Å². The Kier molecular flexibility index (Phi) is 3.73. The fraction of sp³-hybridized carbons (Fsp3) is 0.125. The van der Waals surface area contributed by atoms with Crippen LogP contribution in [0.5, 0.6) is 5.75 Å². The zero-order chi connectivity index (χ0) is 15.7. The number of hydrogen-bond acceptors (Lipinski definition) is 3. The zero-order valence-corrected chi connectivity index (χ0v) is 12.5. The highest BCUT2D eigenvalue weighted by atomic mass is 35.5. The second-order valence-corrected chi connectivity index (χ2v) is 5.19. The lowest BCUT2D eigenvalue weighted by molar-refractivity contribution is -0.136. The van der Waals surface area contributed by atoms with Crippen molar-refractivity contribution in [1.82, 2.24) is 9.38 Å². The molecule has 0 fully saturated rings. The maximum atomic E-state index is 10.8. The first kappa shape index (κ1) is 14.4. The van der Waals surface area contributed by atoms with E-state index in [0.29, 0.717) is 22.1 Å². The fourth-order valence-corrected chi connectivity index (χ4v) is 2.62. The molecule has 112 valence electrons. The summed E-state index contributed by atoms with van der Waals surface area (Å²) in [5, 5.41) is 9.45. The van der Waals surface area contributed by atoms with E-state index in [2.05, 4.69) is 4.98 Å². The third-order valence-electron chi connectivity index (χ3n) is 3.33. The molecule has 0 radical (unpaired) electrons. The Balaban J connectivity index is 2.14. The monoisotopic (exact) mass is 316 g/mol. The van der Waals surface area contributed by atoms with Crippen LogP contribution in [0.1, 0.15) is 5.69 Å². The van der Waals surface area contributed by atoms with Gasteiger partial charge in [0.15, 0.2) is 0 Å². The molecular weight excluding hydrogens is 304 g/mol. The van der Waals surface area contributed by atoms with E-state index in [1.807, 2.05) is 34.7 Å². The number of rotatable bonds is 4. The Morgan fingerprint density at radius 3 is 2.86 bits per heavy atom. The van der Waals surface area contributed by atoms with E-state index in [4.69, 9.17) is 21.4 Å². The minimum atomic E-state index is -0.910. The number of nitrogens with zero attached hydrogens (tertiary/aromatic N) is 2. The average molecular weight is 317 g/mol. The van der Waals surface area contributed by atoms with E-state index in [-0.39, 0.29) is 6.42 Å². The van der Waals surface area contributed by atoms with Crippen LogP contribution in [-0.2, 0) is 11.2 Å². The van der Waals surface area contributed by atoms with Crippen LogP contribution in [0, 0.1) is 0 Å². The fourth-order valence-electron chi connectivity index (χ4n) is 2.35. The molecule has 0 atom stereocenters. The maximum absolute atomic E-state index is 10.8. The van der Waals surface area contributed by atoms with Gasteiger partial charge in [0.05, 0.1) is 29.9 Å². The van der Waals surface area contributed by atoms with Gasteiger partial charge in [0.2, 0.25) is 0 Å². The van der Waals surface area contributed by atoms with Crippen molar-refractivity contribution in [3.63, 3.8) is 0 Å². The molecule has 3 aromatic rings. The van der Waals surface area contributed by atoms with Gasteiger partial charge in [0.25, 0.3) is 0 Å². The van der Waals surface area contributed by atoms with Crippen LogP contribution in [-0.4, -0.2) is 27.6 Å². The molecule has 2 aromatic heterocycles. The number of aliphatic carboxylic acids is 1. The minimum absolute atomic E-state index is 0.114. The van der Waals surface area contributed by atoms with Crippen LogP contribution < -0.4 is 4.74 Å². The maximum Gasteiger partial charge on any atom is 0.309 e. The van der Waals surface area contributed by atoms with Crippen molar-refractivity contribution < 1.29 is 14.6 Å². The molecule has 0 aliphatic heterocycles. The molecule has 1 N–H and O–H groups in total. The summed E-state index contributed by atoms with van der Waals surface area (Å²) in [7, 11) is 1.58. The molecule has 2 heterocycles. The van der Waals surface area contributed by atoms with Crippen LogP contribution >= 0.6 is 11.6 Å². The first-order valence-electron chi connectivity index (χ1n) is 6.61. The molecule has 0 saturated carbocycles. The normalized spacial score (nSPS) is 10.8. The number of imidazole rings is 1. The smallest absolute Gasteiger partial charge is 0.309 e. The van der Waals surface area contributed by atoms with Crippen LogP contribution in [0.25, 0.3) is 16.9 Å². The Bertz CT molecular complexity index is 858. The predicted molar refractivity (Wildman–Crippen MR) is 83.5 cm³/mol. The number of hydrogen-bond donors (Lipinski definition) is 1. The molecule has 5 nitrogen and oxygen atoms in total. The van der Waals surface area contributed by atoms with Gasteiger partial charge in [0.1, 0.15) is 11.4 Å². The molecule has 0 aliphatic rings. The van der Waals surface area contributed by atoms with Crippen LogP contribution in [0.3, 0.4) is 0 Å². The van der Waals surface area contributed by atoms with Gasteiger partial charge in [-0.05, 0) is 30.3 Å². The molecule has 0 spiro atoms. The lowest BCUT2D eigenvalue weighted by Gasteiger charge is -2.09. The number of fused-ring (bicyclic) bond motifs is 1. The number of halogens is 1. The second kappa shape index (κ2) is 5.69. The van der Waals surface area contributed by atoms with Crippen molar-refractivity contribution in [3.8, 4) is 17.0 Å². The summed E-state index contributed by atoms with van der Waals surface area (Å²) in [6, 6.07) is 11.0. The van der Waals surface area contributed by atoms with E-state index < -0.39 is 5.97 Å². The van der Waals surface area contributed by atoms with Gasteiger partial charge in [0, 0.05) is 11.8 Å². The molecule has 0 bridgehead atoms. The van der Waals surface area contributed by atoms with Crippen molar-refractivity contribution in [2.24, 2.45) is 0 Å². The molecule has 0 saturated heterocycles. The summed E-state index contributed by atoms with van der Waals surface area (Å²) in [6.45, 7) is 0. The largest absolute Gasteiger partial charge is 0.497 e. The van der Waals surface area contributed by atoms with E-state index in [9.17, 15) is 4.79 Å². The second-order valence-electron chi connectivity index (χ2n) is 4.79. The number of carboxylic acid groups (broad SMARTS) is 1. The van der Waals surface area contributed by atoms with Gasteiger partial charge in [-0.2, -0.15) is 0 Å². The van der Waals surface area contributed by atoms with Gasteiger partial charge >= 0.3 is 5.97 Å². The Hall–Kier alpha value is -2.53. The summed E-state index contributed by atoms with van der Waals surface area (Å²) in [4.78, 5) is 15.2. The third kappa shape index (κ3) is 2.63. The van der Waals surface area contributed by atoms with Crippen molar-refractivity contribution in [1.29, 1.82) is 0 Å². The summed E-state index contributed by atoms with van der Waals surface area (Å²) in [6.07, 6.45) is 1.61. The number of benzene rings is 1. The molecule has 0 amide bonds. The number of ether oxygens (including phenoxy) is 1. The Morgan fingerprint density at radius 1 is 1.36 bits per heavy atom. The predicted octanol–water partition coefficient (Wildman–Crippen LogP) is 3.29. The van der Waals surface area contributed by atoms with Gasteiger partial charge in [-0.15, -0.1) is 0 Å². The quantitative estimate of drug-likeness (QED) is 0.802. The molecule has 1 aromatic carbocycles. The molecule has 22 heavy (non-hydrogen) atoms. The topological polar surface area (TPSA) is 63.8 Å². The number of carboxylic acids is 1. The van der Waals surface area contributed by atoms with Crippen molar-refractivity contribution in [2.45, 2.75) is 6.42 Å². The number of aromatic nitrogens is 2. The Morgan fingerprint density at radius 2 is 2.18 bits per heavy atom. The molecule has 0 unspecified atom stereocenters. The van der Waals surface area contributed by atoms with E-state index in [1.54, 1.807) is 19.4 Å². The van der Waals surface area contributed by atoms with Crippen LogP contribution in [0.15, 0.2) is 42.6 Å². The van der Waals surface area contributed by atoms with Crippen molar-refractivity contribution in [3.05, 3.63) is 53.3 Å². The first-order valence-corrected chi connectivity index (χ1v) is 6.99. The van der Waals surface area contributed by atoms with Gasteiger partial charge in [-0.3, -0.25) is 9.20 Å². The number of methoxy groups -OCH3 is 1. The zero-order valence-electron chi connectivity index (χ0n) is 11.8. The van der Waals surface area contributed by atoms with Crippen molar-refractivity contribution >= 4 is 23.2 Å². The van der Waals surface area contributed by atoms with Gasteiger partial charge in [-0.25, -0.2) is 4.98 Å². The van der Waals surface area contributed by atoms with E-state index in [0.717, 1.165) is 11.3 Å². The number of carbonyl (C=O) groups is 1. The number of pyridine rings is 1.